The van der Waals surface area contributed by atoms with Gasteiger partial charge in [-0.2, -0.15) is 0 Å². The first-order chi connectivity index (χ1) is 11.9. The number of amides is 1. The number of nitrogens with one attached hydrogen (secondary N) is 2. The zero-order valence-electron chi connectivity index (χ0n) is 14.4. The summed E-state index contributed by atoms with van der Waals surface area (Å²) < 4.78 is 4.70. The second kappa shape index (κ2) is 8.65. The minimum atomic E-state index is -0.444. The zero-order chi connectivity index (χ0) is 18.4. The molecule has 0 bridgehead atoms. The maximum atomic E-state index is 12.2. The predicted molar refractivity (Wildman–Crippen MR) is 99.0 cm³/mol. The Kier molecular flexibility index (Phi) is 6.56. The summed E-state index contributed by atoms with van der Waals surface area (Å²) in [6, 6.07) is 12.5. The Labute approximate surface area is 152 Å². The van der Waals surface area contributed by atoms with Gasteiger partial charge in [-0.3, -0.25) is 4.79 Å². The Morgan fingerprint density at radius 2 is 1.92 bits per heavy atom. The molecule has 0 heterocycles. The summed E-state index contributed by atoms with van der Waals surface area (Å²) in [5.74, 6) is -0.648. The molecule has 1 atom stereocenters. The van der Waals surface area contributed by atoms with Crippen LogP contribution in [-0.4, -0.2) is 25.5 Å². The number of carbonyl (C=O) groups is 2. The monoisotopic (exact) mass is 360 g/mol. The highest BCUT2D eigenvalue weighted by atomic mass is 35.5. The van der Waals surface area contributed by atoms with Gasteiger partial charge in [0.15, 0.2) is 0 Å². The number of esters is 1. The van der Waals surface area contributed by atoms with E-state index in [1.165, 1.54) is 7.11 Å². The minimum absolute atomic E-state index is 0.0676. The van der Waals surface area contributed by atoms with E-state index in [1.807, 2.05) is 38.1 Å². The van der Waals surface area contributed by atoms with Crippen LogP contribution < -0.4 is 10.6 Å². The highest BCUT2D eigenvalue weighted by molar-refractivity contribution is 6.31. The number of hydrogen-bond acceptors (Lipinski definition) is 4. The number of rotatable bonds is 6. The first kappa shape index (κ1) is 19.0. The third-order valence-corrected chi connectivity index (χ3v) is 4.22. The molecule has 0 aliphatic rings. The van der Waals surface area contributed by atoms with Gasteiger partial charge >= 0.3 is 5.97 Å². The van der Waals surface area contributed by atoms with E-state index in [0.717, 1.165) is 11.1 Å². The van der Waals surface area contributed by atoms with Gasteiger partial charge in [0.1, 0.15) is 0 Å². The lowest BCUT2D eigenvalue weighted by molar-refractivity contribution is -0.115. The average Bonchev–Trinajstić information content (AvgIpc) is 2.61. The molecule has 0 aliphatic carbocycles. The van der Waals surface area contributed by atoms with Gasteiger partial charge in [0.05, 0.1) is 19.2 Å². The lowest BCUT2D eigenvalue weighted by atomic mass is 10.1. The van der Waals surface area contributed by atoms with Crippen molar-refractivity contribution in [2.75, 3.05) is 19.0 Å². The van der Waals surface area contributed by atoms with E-state index in [0.29, 0.717) is 16.3 Å². The molecule has 2 aromatic rings. The fraction of sp³-hybridized carbons (Fsp3) is 0.263. The quantitative estimate of drug-likeness (QED) is 0.770. The molecule has 0 fully saturated rings. The van der Waals surface area contributed by atoms with Gasteiger partial charge in [0, 0.05) is 16.8 Å². The predicted octanol–water partition coefficient (Wildman–Crippen LogP) is 3.72. The zero-order valence-corrected chi connectivity index (χ0v) is 15.2. The third-order valence-electron chi connectivity index (χ3n) is 3.87. The smallest absolute Gasteiger partial charge is 0.337 e. The number of aryl methyl sites for hydroxylation is 1. The standard InChI is InChI=1S/C19H21ClN2O3/c1-12-8-9-14(19(24)25-3)10-17(12)22-18(23)11-21-13(2)15-6-4-5-7-16(15)20/h4-10,13,21H,11H2,1-3H3,(H,22,23). The van der Waals surface area contributed by atoms with Crippen LogP contribution in [0.2, 0.25) is 5.02 Å². The molecule has 25 heavy (non-hydrogen) atoms. The average molecular weight is 361 g/mol. The van der Waals surface area contributed by atoms with Crippen LogP contribution in [-0.2, 0) is 9.53 Å². The van der Waals surface area contributed by atoms with Gasteiger partial charge in [-0.25, -0.2) is 4.79 Å². The first-order valence-electron chi connectivity index (χ1n) is 7.89. The number of benzene rings is 2. The topological polar surface area (TPSA) is 67.4 Å². The van der Waals surface area contributed by atoms with Crippen molar-refractivity contribution in [1.29, 1.82) is 0 Å². The van der Waals surface area contributed by atoms with Gasteiger partial charge in [-0.05, 0) is 43.2 Å². The summed E-state index contributed by atoms with van der Waals surface area (Å²) in [5.41, 5.74) is 2.77. The molecule has 0 aromatic heterocycles. The Balaban J connectivity index is 1.98. The van der Waals surface area contributed by atoms with Crippen LogP contribution >= 0.6 is 11.6 Å². The van der Waals surface area contributed by atoms with E-state index in [1.54, 1.807) is 18.2 Å². The van der Waals surface area contributed by atoms with E-state index in [9.17, 15) is 9.59 Å². The lowest BCUT2D eigenvalue weighted by Gasteiger charge is -2.16. The number of methoxy groups -OCH3 is 1. The Hall–Kier alpha value is -2.37. The fourth-order valence-electron chi connectivity index (χ4n) is 2.38. The number of ether oxygens (including phenoxy) is 1. The van der Waals surface area contributed by atoms with Gasteiger partial charge in [0.2, 0.25) is 5.91 Å². The van der Waals surface area contributed by atoms with Gasteiger partial charge < -0.3 is 15.4 Å². The highest BCUT2D eigenvalue weighted by Crippen LogP contribution is 2.22. The summed E-state index contributed by atoms with van der Waals surface area (Å²) in [6.07, 6.45) is 0. The van der Waals surface area contributed by atoms with E-state index in [2.05, 4.69) is 10.6 Å². The molecular weight excluding hydrogens is 340 g/mol. The SMILES string of the molecule is COC(=O)c1ccc(C)c(NC(=O)CNC(C)c2ccccc2Cl)c1. The van der Waals surface area contributed by atoms with Crippen molar-refractivity contribution in [2.24, 2.45) is 0 Å². The van der Waals surface area contributed by atoms with E-state index in [4.69, 9.17) is 16.3 Å². The molecule has 0 aliphatic heterocycles. The van der Waals surface area contributed by atoms with Crippen LogP contribution in [0.1, 0.15) is 34.5 Å². The summed E-state index contributed by atoms with van der Waals surface area (Å²) in [7, 11) is 1.32. The molecule has 0 saturated heterocycles. The van der Waals surface area contributed by atoms with E-state index in [-0.39, 0.29) is 18.5 Å². The van der Waals surface area contributed by atoms with Crippen molar-refractivity contribution in [3.05, 3.63) is 64.2 Å². The van der Waals surface area contributed by atoms with Crippen molar-refractivity contribution in [2.45, 2.75) is 19.9 Å². The van der Waals surface area contributed by atoms with Gasteiger partial charge in [0.25, 0.3) is 0 Å². The van der Waals surface area contributed by atoms with Crippen molar-refractivity contribution in [3.8, 4) is 0 Å². The molecular formula is C19H21ClN2O3. The molecule has 2 N–H and O–H groups in total. The van der Waals surface area contributed by atoms with Gasteiger partial charge in [-0.1, -0.05) is 35.9 Å². The molecule has 6 heteroatoms. The van der Waals surface area contributed by atoms with Crippen LogP contribution in [0, 0.1) is 6.92 Å². The number of anilines is 1. The number of halogens is 1. The number of carbonyl (C=O) groups excluding carboxylic acids is 2. The van der Waals surface area contributed by atoms with Gasteiger partial charge in [-0.15, -0.1) is 0 Å². The second-order valence-electron chi connectivity index (χ2n) is 5.69. The maximum absolute atomic E-state index is 12.2. The van der Waals surface area contributed by atoms with Crippen molar-refractivity contribution >= 4 is 29.2 Å². The normalized spacial score (nSPS) is 11.7. The minimum Gasteiger partial charge on any atom is -0.465 e. The molecule has 0 radical (unpaired) electrons. The van der Waals surface area contributed by atoms with Crippen LogP contribution in [0.15, 0.2) is 42.5 Å². The van der Waals surface area contributed by atoms with Crippen LogP contribution in [0.4, 0.5) is 5.69 Å². The Bertz CT molecular complexity index is 777. The van der Waals surface area contributed by atoms with Crippen LogP contribution in [0.3, 0.4) is 0 Å². The molecule has 0 spiro atoms. The molecule has 1 unspecified atom stereocenters. The van der Waals surface area contributed by atoms with Crippen LogP contribution in [0.5, 0.6) is 0 Å². The summed E-state index contributed by atoms with van der Waals surface area (Å²) in [5, 5.41) is 6.61. The summed E-state index contributed by atoms with van der Waals surface area (Å²) >= 11 is 6.16. The maximum Gasteiger partial charge on any atom is 0.337 e. The second-order valence-corrected chi connectivity index (χ2v) is 6.10. The summed E-state index contributed by atoms with van der Waals surface area (Å²) in [6.45, 7) is 3.92. The van der Waals surface area contributed by atoms with Crippen LogP contribution in [0.25, 0.3) is 0 Å². The third kappa shape index (κ3) is 5.05. The first-order valence-corrected chi connectivity index (χ1v) is 8.26. The number of hydrogen-bond donors (Lipinski definition) is 2. The molecule has 1 amide bonds. The van der Waals surface area contributed by atoms with Crippen molar-refractivity contribution in [3.63, 3.8) is 0 Å². The van der Waals surface area contributed by atoms with E-state index >= 15 is 0 Å². The Morgan fingerprint density at radius 3 is 2.60 bits per heavy atom. The fourth-order valence-corrected chi connectivity index (χ4v) is 2.68. The van der Waals surface area contributed by atoms with Crippen molar-refractivity contribution < 1.29 is 14.3 Å². The molecule has 0 saturated carbocycles. The largest absolute Gasteiger partial charge is 0.465 e. The summed E-state index contributed by atoms with van der Waals surface area (Å²) in [4.78, 5) is 23.8. The van der Waals surface area contributed by atoms with Crippen molar-refractivity contribution in [1.82, 2.24) is 5.32 Å². The molecule has 132 valence electrons. The molecule has 5 nitrogen and oxygen atoms in total. The molecule has 2 rings (SSSR count). The lowest BCUT2D eigenvalue weighted by Crippen LogP contribution is -2.30. The van der Waals surface area contributed by atoms with E-state index < -0.39 is 5.97 Å². The molecule has 2 aromatic carbocycles. The Morgan fingerprint density at radius 1 is 1.20 bits per heavy atom. The highest BCUT2D eigenvalue weighted by Gasteiger charge is 2.13.